The fraction of sp³-hybridized carbons (Fsp3) is 0.400. The lowest BCUT2D eigenvalue weighted by Gasteiger charge is -2.41. The molecule has 4 heteroatoms. The molecule has 1 aliphatic rings. The number of benzene rings is 1. The molecule has 1 aromatic carbocycles. The second-order valence-corrected chi connectivity index (χ2v) is 4.94. The van der Waals surface area contributed by atoms with Gasteiger partial charge in [0.1, 0.15) is 0 Å². The van der Waals surface area contributed by atoms with Gasteiger partial charge >= 0.3 is 0 Å². The van der Waals surface area contributed by atoms with Crippen molar-refractivity contribution in [3.05, 3.63) is 24.3 Å². The molecule has 0 aromatic heterocycles. The summed E-state index contributed by atoms with van der Waals surface area (Å²) in [6.45, 7) is 3.56. The first kappa shape index (κ1) is 9.94. The molecule has 1 aliphatic heterocycles. The molecule has 0 saturated heterocycles. The van der Waals surface area contributed by atoms with Crippen LogP contribution in [-0.2, 0) is 0 Å². The molecule has 0 aliphatic carbocycles. The zero-order valence-electron chi connectivity index (χ0n) is 7.88. The molecule has 0 radical (unpaired) electrons. The van der Waals surface area contributed by atoms with E-state index < -0.39 is 10.1 Å². The normalized spacial score (nSPS) is 21.7. The number of hydrogen-bond donors (Lipinski definition) is 0. The largest absolute Gasteiger partial charge is 0.477 e. The minimum atomic E-state index is -1.36. The molecule has 1 aromatic rings. The Morgan fingerprint density at radius 3 is 2.07 bits per heavy atom. The van der Waals surface area contributed by atoms with Crippen molar-refractivity contribution in [3.8, 4) is 11.5 Å². The number of para-hydroxylation sites is 2. The highest BCUT2D eigenvalue weighted by atomic mass is 35.5. The quantitative estimate of drug-likeness (QED) is 0.639. The Bertz CT molecular complexity index is 326. The van der Waals surface area contributed by atoms with Gasteiger partial charge in [-0.25, -0.2) is 0 Å². The van der Waals surface area contributed by atoms with Crippen LogP contribution in [0.2, 0.25) is 0 Å². The van der Waals surface area contributed by atoms with Gasteiger partial charge in [0.2, 0.25) is 0 Å². The van der Waals surface area contributed by atoms with E-state index in [1.54, 1.807) is 19.9 Å². The number of ether oxygens (including phenoxy) is 2. The fourth-order valence-corrected chi connectivity index (χ4v) is 1.46. The third kappa shape index (κ3) is 1.43. The van der Waals surface area contributed by atoms with Gasteiger partial charge in [-0.3, -0.25) is 0 Å². The summed E-state index contributed by atoms with van der Waals surface area (Å²) in [5, 5.41) is 0. The Morgan fingerprint density at radius 2 is 1.50 bits per heavy atom. The fourth-order valence-electron chi connectivity index (χ4n) is 1.21. The molecule has 2 nitrogen and oxygen atoms in total. The van der Waals surface area contributed by atoms with Crippen LogP contribution in [0.4, 0.5) is 0 Å². The van der Waals surface area contributed by atoms with Crippen molar-refractivity contribution < 1.29 is 9.47 Å². The van der Waals surface area contributed by atoms with Crippen LogP contribution < -0.4 is 9.47 Å². The minimum Gasteiger partial charge on any atom is -0.477 e. The standard InChI is InChI=1S/C10H10Cl2O2/c1-9(2)10(11,12)14-8-6-4-3-5-7(8)13-9/h3-6H,1-2H3. The summed E-state index contributed by atoms with van der Waals surface area (Å²) in [4.78, 5) is 0. The first-order valence-electron chi connectivity index (χ1n) is 4.27. The number of fused-ring (bicyclic) bond motifs is 1. The Kier molecular flexibility index (Phi) is 2.09. The highest BCUT2D eigenvalue weighted by molar-refractivity contribution is 6.48. The van der Waals surface area contributed by atoms with Crippen molar-refractivity contribution in [1.82, 2.24) is 0 Å². The van der Waals surface area contributed by atoms with E-state index in [1.807, 2.05) is 18.2 Å². The second kappa shape index (κ2) is 2.94. The van der Waals surface area contributed by atoms with Crippen LogP contribution in [0.5, 0.6) is 11.5 Å². The Balaban J connectivity index is 2.46. The smallest absolute Gasteiger partial charge is 0.297 e. The lowest BCUT2D eigenvalue weighted by atomic mass is 10.1. The maximum absolute atomic E-state index is 6.01. The van der Waals surface area contributed by atoms with E-state index >= 15 is 0 Å². The average Bonchev–Trinajstić information content (AvgIpc) is 2.05. The van der Waals surface area contributed by atoms with Crippen molar-refractivity contribution in [3.63, 3.8) is 0 Å². The first-order valence-corrected chi connectivity index (χ1v) is 5.03. The number of hydrogen-bond acceptors (Lipinski definition) is 2. The van der Waals surface area contributed by atoms with E-state index in [-0.39, 0.29) is 0 Å². The summed E-state index contributed by atoms with van der Waals surface area (Å²) in [6, 6.07) is 7.29. The summed E-state index contributed by atoms with van der Waals surface area (Å²) in [5.41, 5.74) is -0.773. The molecule has 1 heterocycles. The van der Waals surface area contributed by atoms with Crippen molar-refractivity contribution in [2.45, 2.75) is 24.0 Å². The van der Waals surface area contributed by atoms with Crippen molar-refractivity contribution in [2.75, 3.05) is 0 Å². The molecule has 0 spiro atoms. The lowest BCUT2D eigenvalue weighted by molar-refractivity contribution is -0.0244. The molecule has 2 rings (SSSR count). The van der Waals surface area contributed by atoms with Crippen molar-refractivity contribution in [1.29, 1.82) is 0 Å². The molecule has 0 atom stereocenters. The monoisotopic (exact) mass is 232 g/mol. The number of rotatable bonds is 0. The minimum absolute atomic E-state index is 0.567. The van der Waals surface area contributed by atoms with Crippen LogP contribution in [0, 0.1) is 0 Å². The number of alkyl halides is 2. The van der Waals surface area contributed by atoms with Gasteiger partial charge in [0.25, 0.3) is 4.52 Å². The maximum atomic E-state index is 6.01. The van der Waals surface area contributed by atoms with E-state index in [4.69, 9.17) is 32.7 Å². The molecule has 0 amide bonds. The van der Waals surface area contributed by atoms with Crippen LogP contribution >= 0.6 is 23.2 Å². The van der Waals surface area contributed by atoms with Crippen LogP contribution in [0.3, 0.4) is 0 Å². The third-order valence-electron chi connectivity index (χ3n) is 2.15. The summed E-state index contributed by atoms with van der Waals surface area (Å²) in [5.74, 6) is 1.23. The maximum Gasteiger partial charge on any atom is 0.297 e. The summed E-state index contributed by atoms with van der Waals surface area (Å²) in [6.07, 6.45) is 0. The van der Waals surface area contributed by atoms with Gasteiger partial charge in [0, 0.05) is 0 Å². The number of halogens is 2. The topological polar surface area (TPSA) is 18.5 Å². The van der Waals surface area contributed by atoms with E-state index in [0.717, 1.165) is 0 Å². The zero-order valence-corrected chi connectivity index (χ0v) is 9.39. The predicted octanol–water partition coefficient (Wildman–Crippen LogP) is 3.37. The molecular weight excluding hydrogens is 223 g/mol. The van der Waals surface area contributed by atoms with E-state index in [1.165, 1.54) is 0 Å². The Hall–Kier alpha value is -0.600. The molecule has 76 valence electrons. The van der Waals surface area contributed by atoms with Gasteiger partial charge in [0.05, 0.1) is 0 Å². The van der Waals surface area contributed by atoms with Crippen LogP contribution in [0.1, 0.15) is 13.8 Å². The summed E-state index contributed by atoms with van der Waals surface area (Å²) >= 11 is 12.0. The van der Waals surface area contributed by atoms with Gasteiger partial charge in [-0.15, -0.1) is 0 Å². The van der Waals surface area contributed by atoms with E-state index in [9.17, 15) is 0 Å². The molecule has 0 saturated carbocycles. The molecule has 0 fully saturated rings. The predicted molar refractivity (Wildman–Crippen MR) is 56.2 cm³/mol. The summed E-state index contributed by atoms with van der Waals surface area (Å²) < 4.78 is 9.73. The molecule has 0 bridgehead atoms. The molecule has 14 heavy (non-hydrogen) atoms. The first-order chi connectivity index (χ1) is 6.42. The zero-order chi connectivity index (χ0) is 10.4. The highest BCUT2D eigenvalue weighted by Gasteiger charge is 2.50. The highest BCUT2D eigenvalue weighted by Crippen LogP contribution is 2.47. The van der Waals surface area contributed by atoms with Crippen LogP contribution in [0.15, 0.2) is 24.3 Å². The third-order valence-corrected chi connectivity index (χ3v) is 3.22. The van der Waals surface area contributed by atoms with Gasteiger partial charge < -0.3 is 9.47 Å². The Labute approximate surface area is 92.7 Å². The molecular formula is C10H10Cl2O2. The van der Waals surface area contributed by atoms with Gasteiger partial charge in [0.15, 0.2) is 17.1 Å². The molecule has 0 N–H and O–H groups in total. The van der Waals surface area contributed by atoms with E-state index in [0.29, 0.717) is 11.5 Å². The van der Waals surface area contributed by atoms with Gasteiger partial charge in [-0.05, 0) is 26.0 Å². The van der Waals surface area contributed by atoms with E-state index in [2.05, 4.69) is 0 Å². The Morgan fingerprint density at radius 1 is 1.00 bits per heavy atom. The SMILES string of the molecule is CC1(C)Oc2ccccc2OC1(Cl)Cl. The van der Waals surface area contributed by atoms with Crippen molar-refractivity contribution in [2.24, 2.45) is 0 Å². The van der Waals surface area contributed by atoms with Crippen molar-refractivity contribution >= 4 is 23.2 Å². The van der Waals surface area contributed by atoms with Gasteiger partial charge in [-0.1, -0.05) is 35.3 Å². The lowest BCUT2D eigenvalue weighted by Crippen LogP contribution is -2.52. The average molecular weight is 233 g/mol. The van der Waals surface area contributed by atoms with Gasteiger partial charge in [-0.2, -0.15) is 0 Å². The van der Waals surface area contributed by atoms with Crippen LogP contribution in [0.25, 0.3) is 0 Å². The second-order valence-electron chi connectivity index (χ2n) is 3.68. The molecule has 0 unspecified atom stereocenters. The summed E-state index contributed by atoms with van der Waals surface area (Å²) in [7, 11) is 0. The van der Waals surface area contributed by atoms with Crippen LogP contribution in [-0.4, -0.2) is 10.1 Å².